The molecule has 0 aromatic heterocycles. The molecular weight excluding hydrogens is 272 g/mol. The Labute approximate surface area is 133 Å². The van der Waals surface area contributed by atoms with Gasteiger partial charge < -0.3 is 10.2 Å². The summed E-state index contributed by atoms with van der Waals surface area (Å²) in [5, 5.41) is 5.56. The summed E-state index contributed by atoms with van der Waals surface area (Å²) in [6.45, 7) is 8.50. The van der Waals surface area contributed by atoms with E-state index >= 15 is 0 Å². The first-order valence-corrected chi connectivity index (χ1v) is 8.11. The summed E-state index contributed by atoms with van der Waals surface area (Å²) in [7, 11) is 0. The van der Waals surface area contributed by atoms with Gasteiger partial charge in [-0.3, -0.25) is 0 Å². The molecular formula is C19H26N2O. The normalized spacial score (nSPS) is 10.9. The molecule has 0 aliphatic carbocycles. The summed E-state index contributed by atoms with van der Waals surface area (Å²) >= 11 is 0. The molecule has 2 aromatic rings. The van der Waals surface area contributed by atoms with Gasteiger partial charge in [0.2, 0.25) is 0 Å². The van der Waals surface area contributed by atoms with E-state index in [4.69, 9.17) is 0 Å². The Morgan fingerprint density at radius 2 is 1.86 bits per heavy atom. The topological polar surface area (TPSA) is 32.3 Å². The second-order valence-electron chi connectivity index (χ2n) is 6.05. The van der Waals surface area contributed by atoms with Gasteiger partial charge in [-0.05, 0) is 35.6 Å². The third kappa shape index (κ3) is 4.23. The van der Waals surface area contributed by atoms with Crippen LogP contribution in [-0.4, -0.2) is 30.6 Å². The van der Waals surface area contributed by atoms with Crippen molar-refractivity contribution in [2.75, 3.05) is 19.6 Å². The molecule has 0 spiro atoms. The van der Waals surface area contributed by atoms with Crippen molar-refractivity contribution in [1.82, 2.24) is 10.2 Å². The molecule has 2 aromatic carbocycles. The van der Waals surface area contributed by atoms with Crippen LogP contribution in [0.2, 0.25) is 0 Å². The maximum atomic E-state index is 12.2. The molecule has 0 saturated carbocycles. The van der Waals surface area contributed by atoms with Crippen LogP contribution in [0, 0.1) is 5.92 Å². The third-order valence-electron chi connectivity index (χ3n) is 3.80. The Hall–Kier alpha value is -2.03. The first-order valence-electron chi connectivity index (χ1n) is 8.11. The standard InChI is InChI=1S/C19H26N2O/c1-4-21(14-15(2)3)19(22)20-13-12-17-10-7-9-16-8-5-6-11-18(16)17/h5-11,15H,4,12-14H2,1-3H3,(H,20,22). The minimum absolute atomic E-state index is 0.0384. The van der Waals surface area contributed by atoms with E-state index in [2.05, 4.69) is 61.6 Å². The summed E-state index contributed by atoms with van der Waals surface area (Å²) in [4.78, 5) is 14.0. The fraction of sp³-hybridized carbons (Fsp3) is 0.421. The number of benzene rings is 2. The number of nitrogens with one attached hydrogen (secondary N) is 1. The molecule has 0 heterocycles. The zero-order valence-corrected chi connectivity index (χ0v) is 13.8. The summed E-state index contributed by atoms with van der Waals surface area (Å²) in [6, 6.07) is 14.8. The molecule has 0 bridgehead atoms. The van der Waals surface area contributed by atoms with Crippen LogP contribution in [-0.2, 0) is 6.42 Å². The number of carbonyl (C=O) groups is 1. The first-order chi connectivity index (χ1) is 10.6. The molecule has 0 aliphatic heterocycles. The van der Waals surface area contributed by atoms with Gasteiger partial charge in [0.15, 0.2) is 0 Å². The molecule has 3 heteroatoms. The second-order valence-corrected chi connectivity index (χ2v) is 6.05. The van der Waals surface area contributed by atoms with Gasteiger partial charge in [0.05, 0.1) is 0 Å². The first kappa shape index (κ1) is 16.3. The maximum Gasteiger partial charge on any atom is 0.317 e. The molecule has 0 aliphatic rings. The van der Waals surface area contributed by atoms with Gasteiger partial charge in [0.1, 0.15) is 0 Å². The molecule has 2 amide bonds. The van der Waals surface area contributed by atoms with E-state index in [9.17, 15) is 4.79 Å². The minimum Gasteiger partial charge on any atom is -0.338 e. The predicted molar refractivity (Wildman–Crippen MR) is 93.1 cm³/mol. The van der Waals surface area contributed by atoms with Crippen LogP contribution >= 0.6 is 0 Å². The van der Waals surface area contributed by atoms with Gasteiger partial charge >= 0.3 is 6.03 Å². The SMILES string of the molecule is CCN(CC(C)C)C(=O)NCCc1cccc2ccccc12. The van der Waals surface area contributed by atoms with Crippen molar-refractivity contribution in [1.29, 1.82) is 0 Å². The Morgan fingerprint density at radius 1 is 1.14 bits per heavy atom. The average molecular weight is 298 g/mol. The lowest BCUT2D eigenvalue weighted by Crippen LogP contribution is -2.42. The van der Waals surface area contributed by atoms with E-state index in [1.165, 1.54) is 16.3 Å². The lowest BCUT2D eigenvalue weighted by molar-refractivity contribution is 0.194. The van der Waals surface area contributed by atoms with E-state index in [1.54, 1.807) is 0 Å². The molecule has 0 fully saturated rings. The fourth-order valence-electron chi connectivity index (χ4n) is 2.72. The number of fused-ring (bicyclic) bond motifs is 1. The average Bonchev–Trinajstić information content (AvgIpc) is 2.52. The smallest absolute Gasteiger partial charge is 0.317 e. The highest BCUT2D eigenvalue weighted by atomic mass is 16.2. The lowest BCUT2D eigenvalue weighted by Gasteiger charge is -2.23. The molecule has 1 N–H and O–H groups in total. The molecule has 0 radical (unpaired) electrons. The molecule has 3 nitrogen and oxygen atoms in total. The van der Waals surface area contributed by atoms with E-state index in [0.29, 0.717) is 12.5 Å². The summed E-state index contributed by atoms with van der Waals surface area (Å²) in [5.41, 5.74) is 1.28. The van der Waals surface area contributed by atoms with Crippen molar-refractivity contribution in [3.8, 4) is 0 Å². The number of amides is 2. The van der Waals surface area contributed by atoms with Crippen molar-refractivity contribution in [2.45, 2.75) is 27.2 Å². The van der Waals surface area contributed by atoms with Crippen molar-refractivity contribution in [3.05, 3.63) is 48.0 Å². The van der Waals surface area contributed by atoms with Gasteiger partial charge in [-0.1, -0.05) is 56.3 Å². The van der Waals surface area contributed by atoms with E-state index in [0.717, 1.165) is 19.5 Å². The Kier molecular flexibility index (Phi) is 5.82. The molecule has 2 rings (SSSR count). The number of hydrogen-bond donors (Lipinski definition) is 1. The Balaban J connectivity index is 1.94. The van der Waals surface area contributed by atoms with Gasteiger partial charge in [-0.25, -0.2) is 4.79 Å². The second kappa shape index (κ2) is 7.83. The zero-order chi connectivity index (χ0) is 15.9. The number of urea groups is 1. The molecule has 0 saturated heterocycles. The highest BCUT2D eigenvalue weighted by molar-refractivity contribution is 5.85. The van der Waals surface area contributed by atoms with Crippen molar-refractivity contribution in [3.63, 3.8) is 0 Å². The molecule has 22 heavy (non-hydrogen) atoms. The Morgan fingerprint density at radius 3 is 2.59 bits per heavy atom. The van der Waals surface area contributed by atoms with E-state index in [-0.39, 0.29) is 6.03 Å². The van der Waals surface area contributed by atoms with Gasteiger partial charge in [0, 0.05) is 19.6 Å². The molecule has 0 atom stereocenters. The van der Waals surface area contributed by atoms with E-state index in [1.807, 2.05) is 11.8 Å². The van der Waals surface area contributed by atoms with Crippen LogP contribution in [0.4, 0.5) is 4.79 Å². The zero-order valence-electron chi connectivity index (χ0n) is 13.8. The minimum atomic E-state index is 0.0384. The van der Waals surface area contributed by atoms with Crippen molar-refractivity contribution in [2.24, 2.45) is 5.92 Å². The number of nitrogens with zero attached hydrogens (tertiary/aromatic N) is 1. The maximum absolute atomic E-state index is 12.2. The summed E-state index contributed by atoms with van der Waals surface area (Å²) < 4.78 is 0. The third-order valence-corrected chi connectivity index (χ3v) is 3.80. The fourth-order valence-corrected chi connectivity index (χ4v) is 2.72. The predicted octanol–water partition coefficient (Wildman–Crippen LogP) is 4.07. The highest BCUT2D eigenvalue weighted by Gasteiger charge is 2.12. The molecule has 0 unspecified atom stereocenters. The lowest BCUT2D eigenvalue weighted by atomic mass is 10.0. The van der Waals surface area contributed by atoms with Crippen LogP contribution in [0.5, 0.6) is 0 Å². The quantitative estimate of drug-likeness (QED) is 0.856. The van der Waals surface area contributed by atoms with Crippen LogP contribution in [0.15, 0.2) is 42.5 Å². The summed E-state index contributed by atoms with van der Waals surface area (Å²) in [5.74, 6) is 0.490. The van der Waals surface area contributed by atoms with Crippen molar-refractivity contribution >= 4 is 16.8 Å². The number of hydrogen-bond acceptors (Lipinski definition) is 1. The monoisotopic (exact) mass is 298 g/mol. The van der Waals surface area contributed by atoms with Crippen molar-refractivity contribution < 1.29 is 4.79 Å². The summed E-state index contributed by atoms with van der Waals surface area (Å²) in [6.07, 6.45) is 0.853. The van der Waals surface area contributed by atoms with E-state index < -0.39 is 0 Å². The largest absolute Gasteiger partial charge is 0.338 e. The van der Waals surface area contributed by atoms with Gasteiger partial charge in [-0.15, -0.1) is 0 Å². The van der Waals surface area contributed by atoms with Crippen LogP contribution in [0.3, 0.4) is 0 Å². The number of carbonyl (C=O) groups excluding carboxylic acids is 1. The van der Waals surface area contributed by atoms with Gasteiger partial charge in [-0.2, -0.15) is 0 Å². The van der Waals surface area contributed by atoms with Gasteiger partial charge in [0.25, 0.3) is 0 Å². The van der Waals surface area contributed by atoms with Crippen LogP contribution in [0.25, 0.3) is 10.8 Å². The van der Waals surface area contributed by atoms with Crippen LogP contribution in [0.1, 0.15) is 26.3 Å². The highest BCUT2D eigenvalue weighted by Crippen LogP contribution is 2.18. The van der Waals surface area contributed by atoms with Crippen LogP contribution < -0.4 is 5.32 Å². The Bertz CT molecular complexity index is 616. The molecule has 118 valence electrons. The number of rotatable bonds is 6.